The largest absolute Gasteiger partial charge is 0.491 e. The van der Waals surface area contributed by atoms with E-state index in [0.717, 1.165) is 6.08 Å². The molecule has 3 aromatic rings. The zero-order valence-electron chi connectivity index (χ0n) is 20.1. The number of hydrogen-bond acceptors (Lipinski definition) is 7. The van der Waals surface area contributed by atoms with Crippen LogP contribution in [0.1, 0.15) is 28.9 Å². The van der Waals surface area contributed by atoms with Gasteiger partial charge in [-0.3, -0.25) is 10.1 Å². The van der Waals surface area contributed by atoms with Crippen LogP contribution >= 0.6 is 0 Å². The fraction of sp³-hybridized carbons (Fsp3) is 0.179. The Labute approximate surface area is 213 Å². The molecule has 0 radical (unpaired) electrons. The zero-order valence-corrected chi connectivity index (χ0v) is 20.1. The number of carboxylic acid groups (broad SMARTS) is 1. The average molecular weight is 506 g/mol. The van der Waals surface area contributed by atoms with Gasteiger partial charge in [0.15, 0.2) is 18.0 Å². The van der Waals surface area contributed by atoms with Crippen LogP contribution in [-0.2, 0) is 9.53 Å². The molecular weight excluding hydrogens is 478 g/mol. The van der Waals surface area contributed by atoms with Gasteiger partial charge in [0.1, 0.15) is 18.1 Å². The Morgan fingerprint density at radius 2 is 1.59 bits per heavy atom. The van der Waals surface area contributed by atoms with E-state index in [4.69, 9.17) is 19.3 Å². The highest BCUT2D eigenvalue weighted by Crippen LogP contribution is 2.29. The number of amides is 1. The molecule has 1 amide bonds. The lowest BCUT2D eigenvalue weighted by Crippen LogP contribution is -2.29. The van der Waals surface area contributed by atoms with Crippen molar-refractivity contribution in [1.82, 2.24) is 0 Å². The third-order valence-corrected chi connectivity index (χ3v) is 5.08. The van der Waals surface area contributed by atoms with Gasteiger partial charge in [-0.1, -0.05) is 30.3 Å². The first kappa shape index (κ1) is 27.0. The maximum Gasteiger partial charge on any atom is 0.412 e. The Hall–Kier alpha value is -4.63. The van der Waals surface area contributed by atoms with E-state index >= 15 is 0 Å². The standard InChI is InChI=1S/C28H27NO8/c1-19(31)20-7-11-22(12-8-20)29-28(34)37-27(21-9-13-23(14-10-21)35-18-17-30)25(15-16-26(32)33)36-24-5-3-2-4-6-24/h2-16,25,27,30H,17-18H2,1H3,(H,29,34)(H,32,33)/b16-15+/t25-,27-/m1/s1. The van der Waals surface area contributed by atoms with Crippen molar-refractivity contribution >= 4 is 23.5 Å². The highest BCUT2D eigenvalue weighted by atomic mass is 16.6. The quantitative estimate of drug-likeness (QED) is 0.240. The lowest BCUT2D eigenvalue weighted by atomic mass is 10.0. The minimum atomic E-state index is -1.19. The second-order valence-corrected chi connectivity index (χ2v) is 7.82. The number of ether oxygens (including phenoxy) is 3. The van der Waals surface area contributed by atoms with Crippen molar-refractivity contribution < 1.29 is 38.8 Å². The van der Waals surface area contributed by atoms with E-state index in [1.54, 1.807) is 78.9 Å². The van der Waals surface area contributed by atoms with Gasteiger partial charge in [-0.2, -0.15) is 0 Å². The number of carboxylic acids is 1. The van der Waals surface area contributed by atoms with Crippen LogP contribution in [0, 0.1) is 0 Å². The van der Waals surface area contributed by atoms with Crippen LogP contribution in [0.2, 0.25) is 0 Å². The number of benzene rings is 3. The highest BCUT2D eigenvalue weighted by molar-refractivity contribution is 5.95. The Bertz CT molecular complexity index is 1210. The van der Waals surface area contributed by atoms with Crippen LogP contribution in [0.15, 0.2) is 91.0 Å². The number of rotatable bonds is 12. The molecule has 9 nitrogen and oxygen atoms in total. The van der Waals surface area contributed by atoms with E-state index in [2.05, 4.69) is 5.32 Å². The second-order valence-electron chi connectivity index (χ2n) is 7.82. The lowest BCUT2D eigenvalue weighted by molar-refractivity contribution is -0.131. The van der Waals surface area contributed by atoms with Crippen LogP contribution in [0.25, 0.3) is 0 Å². The summed E-state index contributed by atoms with van der Waals surface area (Å²) in [5, 5.41) is 20.8. The SMILES string of the molecule is CC(=O)c1ccc(NC(=O)O[C@H](c2ccc(OCCO)cc2)[C@@H](/C=C/C(=O)O)Oc2ccccc2)cc1. The van der Waals surface area contributed by atoms with Gasteiger partial charge in [-0.15, -0.1) is 0 Å². The summed E-state index contributed by atoms with van der Waals surface area (Å²) in [6.45, 7) is 1.41. The summed E-state index contributed by atoms with van der Waals surface area (Å²) in [7, 11) is 0. The number of hydrogen-bond donors (Lipinski definition) is 3. The number of ketones is 1. The molecule has 0 saturated carbocycles. The number of Topliss-reactive ketones (excluding diaryl/α,β-unsaturated/α-hetero) is 1. The van der Waals surface area contributed by atoms with E-state index < -0.39 is 24.3 Å². The van der Waals surface area contributed by atoms with Gasteiger partial charge in [0.05, 0.1) is 6.61 Å². The normalized spacial score (nSPS) is 12.4. The van der Waals surface area contributed by atoms with Gasteiger partial charge in [0.25, 0.3) is 0 Å². The Morgan fingerprint density at radius 3 is 2.19 bits per heavy atom. The van der Waals surface area contributed by atoms with Crippen LogP contribution in [0.3, 0.4) is 0 Å². The number of carbonyl (C=O) groups is 3. The molecule has 9 heteroatoms. The summed E-state index contributed by atoms with van der Waals surface area (Å²) in [5.74, 6) is -0.359. The number of carbonyl (C=O) groups excluding carboxylic acids is 2. The zero-order chi connectivity index (χ0) is 26.6. The van der Waals surface area contributed by atoms with E-state index in [1.807, 2.05) is 0 Å². The van der Waals surface area contributed by atoms with E-state index in [9.17, 15) is 19.5 Å². The van der Waals surface area contributed by atoms with Gasteiger partial charge in [0.2, 0.25) is 0 Å². The molecule has 0 aliphatic rings. The van der Waals surface area contributed by atoms with Gasteiger partial charge >= 0.3 is 12.1 Å². The molecule has 0 fully saturated rings. The fourth-order valence-corrected chi connectivity index (χ4v) is 3.33. The molecule has 0 unspecified atom stereocenters. The van der Waals surface area contributed by atoms with E-state index in [-0.39, 0.29) is 19.0 Å². The molecule has 2 atom stereocenters. The van der Waals surface area contributed by atoms with Crippen molar-refractivity contribution in [3.8, 4) is 11.5 Å². The molecule has 192 valence electrons. The summed E-state index contributed by atoms with van der Waals surface area (Å²) in [5.41, 5.74) is 1.41. The Kier molecular flexibility index (Phi) is 9.81. The van der Waals surface area contributed by atoms with Crippen molar-refractivity contribution in [2.45, 2.75) is 19.1 Å². The van der Waals surface area contributed by atoms with Gasteiger partial charge in [0, 0.05) is 17.3 Å². The minimum Gasteiger partial charge on any atom is -0.491 e. The third-order valence-electron chi connectivity index (χ3n) is 5.08. The molecule has 0 aliphatic carbocycles. The number of anilines is 1. The molecule has 0 saturated heterocycles. The van der Waals surface area contributed by atoms with Gasteiger partial charge < -0.3 is 24.4 Å². The summed E-state index contributed by atoms with van der Waals surface area (Å²) >= 11 is 0. The minimum absolute atomic E-state index is 0.105. The molecule has 3 N–H and O–H groups in total. The molecule has 37 heavy (non-hydrogen) atoms. The summed E-state index contributed by atoms with van der Waals surface area (Å²) in [6.07, 6.45) is -0.661. The summed E-state index contributed by atoms with van der Waals surface area (Å²) < 4.78 is 17.1. The molecule has 0 spiro atoms. The van der Waals surface area contributed by atoms with Gasteiger partial charge in [-0.25, -0.2) is 9.59 Å². The number of aliphatic hydroxyl groups is 1. The predicted molar refractivity (Wildman–Crippen MR) is 136 cm³/mol. The first-order chi connectivity index (χ1) is 17.9. The molecule has 3 aromatic carbocycles. The van der Waals surface area contributed by atoms with E-state index in [0.29, 0.717) is 28.3 Å². The number of para-hydroxylation sites is 1. The van der Waals surface area contributed by atoms with Crippen molar-refractivity contribution in [2.24, 2.45) is 0 Å². The third kappa shape index (κ3) is 8.52. The predicted octanol–water partition coefficient (Wildman–Crippen LogP) is 4.64. The second kappa shape index (κ2) is 13.5. The van der Waals surface area contributed by atoms with Crippen LogP contribution in [0.5, 0.6) is 11.5 Å². The number of nitrogens with one attached hydrogen (secondary N) is 1. The number of aliphatic carboxylic acids is 1. The van der Waals surface area contributed by atoms with Crippen LogP contribution in [0.4, 0.5) is 10.5 Å². The van der Waals surface area contributed by atoms with Gasteiger partial charge in [-0.05, 0) is 67.1 Å². The lowest BCUT2D eigenvalue weighted by Gasteiger charge is -2.26. The summed E-state index contributed by atoms with van der Waals surface area (Å²) in [4.78, 5) is 35.6. The van der Waals surface area contributed by atoms with Crippen molar-refractivity contribution in [1.29, 1.82) is 0 Å². The molecule has 3 rings (SSSR count). The Balaban J connectivity index is 1.89. The molecule has 0 heterocycles. The average Bonchev–Trinajstić information content (AvgIpc) is 2.90. The van der Waals surface area contributed by atoms with Crippen LogP contribution < -0.4 is 14.8 Å². The smallest absolute Gasteiger partial charge is 0.412 e. The fourth-order valence-electron chi connectivity index (χ4n) is 3.33. The van der Waals surface area contributed by atoms with Crippen LogP contribution in [-0.4, -0.2) is 47.4 Å². The maximum absolute atomic E-state index is 12.9. The first-order valence-corrected chi connectivity index (χ1v) is 11.4. The molecule has 0 bridgehead atoms. The molecule has 0 aliphatic heterocycles. The topological polar surface area (TPSA) is 131 Å². The highest BCUT2D eigenvalue weighted by Gasteiger charge is 2.28. The van der Waals surface area contributed by atoms with Crippen molar-refractivity contribution in [3.05, 3.63) is 102 Å². The van der Waals surface area contributed by atoms with Crippen molar-refractivity contribution in [2.75, 3.05) is 18.5 Å². The molecular formula is C28H27NO8. The summed E-state index contributed by atoms with van der Waals surface area (Å²) in [6, 6.07) is 21.6. The first-order valence-electron chi connectivity index (χ1n) is 11.4. The molecule has 0 aromatic heterocycles. The van der Waals surface area contributed by atoms with Crippen molar-refractivity contribution in [3.63, 3.8) is 0 Å². The Morgan fingerprint density at radius 1 is 0.919 bits per heavy atom. The monoisotopic (exact) mass is 505 g/mol. The maximum atomic E-state index is 12.9. The van der Waals surface area contributed by atoms with E-state index in [1.165, 1.54) is 13.0 Å². The number of aliphatic hydroxyl groups excluding tert-OH is 1.